The van der Waals surface area contributed by atoms with Crippen molar-refractivity contribution < 1.29 is 4.74 Å². The van der Waals surface area contributed by atoms with Crippen molar-refractivity contribution in [3.8, 4) is 6.07 Å². The van der Waals surface area contributed by atoms with E-state index in [1.165, 1.54) is 0 Å². The molecule has 0 aliphatic carbocycles. The van der Waals surface area contributed by atoms with Crippen LogP contribution in [0.4, 0.5) is 11.5 Å². The van der Waals surface area contributed by atoms with E-state index in [2.05, 4.69) is 9.88 Å². The number of anilines is 2. The van der Waals surface area contributed by atoms with Crippen LogP contribution in [0.5, 0.6) is 0 Å². The Morgan fingerprint density at radius 1 is 1.50 bits per heavy atom. The van der Waals surface area contributed by atoms with Gasteiger partial charge in [-0.05, 0) is 18.9 Å². The van der Waals surface area contributed by atoms with Gasteiger partial charge < -0.3 is 21.1 Å². The molecule has 0 saturated carbocycles. The van der Waals surface area contributed by atoms with Crippen molar-refractivity contribution in [3.63, 3.8) is 0 Å². The minimum absolute atomic E-state index is 0.228. The van der Waals surface area contributed by atoms with E-state index >= 15 is 0 Å². The summed E-state index contributed by atoms with van der Waals surface area (Å²) in [6.07, 6.45) is 3.61. The maximum atomic E-state index is 8.77. The molecule has 0 aromatic carbocycles. The first-order valence-electron chi connectivity index (χ1n) is 5.97. The molecule has 0 spiro atoms. The van der Waals surface area contributed by atoms with E-state index < -0.39 is 0 Å². The summed E-state index contributed by atoms with van der Waals surface area (Å²) in [5.74, 6) is 0.750. The third-order valence-corrected chi connectivity index (χ3v) is 3.10. The number of nitrogen functional groups attached to an aromatic ring is 1. The average Bonchev–Trinajstić information content (AvgIpc) is 2.40. The van der Waals surface area contributed by atoms with Crippen LogP contribution >= 0.6 is 0 Å². The van der Waals surface area contributed by atoms with Gasteiger partial charge in [-0.3, -0.25) is 0 Å². The Balaban J connectivity index is 2.04. The van der Waals surface area contributed by atoms with Gasteiger partial charge in [0.25, 0.3) is 0 Å². The lowest BCUT2D eigenvalue weighted by atomic mass is 10.1. The molecule has 2 rings (SSSR count). The summed E-state index contributed by atoms with van der Waals surface area (Å²) in [6, 6.07) is 3.68. The first-order chi connectivity index (χ1) is 8.74. The van der Waals surface area contributed by atoms with Gasteiger partial charge in [-0.1, -0.05) is 0 Å². The molecule has 0 bridgehead atoms. The highest BCUT2D eigenvalue weighted by Crippen LogP contribution is 2.25. The van der Waals surface area contributed by atoms with E-state index in [1.807, 2.05) is 6.07 Å². The molecule has 1 fully saturated rings. The topological polar surface area (TPSA) is 101 Å². The molecule has 2 heterocycles. The van der Waals surface area contributed by atoms with Crippen molar-refractivity contribution in [2.24, 2.45) is 5.73 Å². The molecule has 0 radical (unpaired) electrons. The van der Waals surface area contributed by atoms with E-state index in [0.29, 0.717) is 11.3 Å². The lowest BCUT2D eigenvalue weighted by Crippen LogP contribution is -2.38. The molecule has 1 aliphatic heterocycles. The highest BCUT2D eigenvalue weighted by atomic mass is 16.5. The maximum absolute atomic E-state index is 8.77. The van der Waals surface area contributed by atoms with Crippen molar-refractivity contribution in [2.75, 3.05) is 30.5 Å². The smallest absolute Gasteiger partial charge is 0.151 e. The van der Waals surface area contributed by atoms with Crippen molar-refractivity contribution in [3.05, 3.63) is 17.8 Å². The van der Waals surface area contributed by atoms with Crippen molar-refractivity contribution >= 4 is 11.5 Å². The molecule has 6 heteroatoms. The van der Waals surface area contributed by atoms with Gasteiger partial charge in [0.15, 0.2) is 5.82 Å². The Hall–Kier alpha value is -1.84. The molecule has 1 aliphatic rings. The minimum atomic E-state index is 0.228. The van der Waals surface area contributed by atoms with Crippen LogP contribution in [0.1, 0.15) is 18.4 Å². The van der Waals surface area contributed by atoms with Crippen LogP contribution in [0.2, 0.25) is 0 Å². The monoisotopic (exact) mass is 247 g/mol. The zero-order valence-corrected chi connectivity index (χ0v) is 10.2. The SMILES string of the molecule is N#Cc1cnc(N2CCC(OCN)CC2)c(N)c1. The number of hydrogen-bond acceptors (Lipinski definition) is 6. The van der Waals surface area contributed by atoms with Crippen LogP contribution in [0.15, 0.2) is 12.3 Å². The summed E-state index contributed by atoms with van der Waals surface area (Å²) in [6.45, 7) is 1.95. The predicted molar refractivity (Wildman–Crippen MR) is 68.7 cm³/mol. The van der Waals surface area contributed by atoms with Gasteiger partial charge in [0.05, 0.1) is 24.1 Å². The van der Waals surface area contributed by atoms with Crippen LogP contribution < -0.4 is 16.4 Å². The molecule has 6 nitrogen and oxygen atoms in total. The molecule has 4 N–H and O–H groups in total. The number of nitrogens with two attached hydrogens (primary N) is 2. The normalized spacial score (nSPS) is 16.6. The number of rotatable bonds is 3. The summed E-state index contributed by atoms with van der Waals surface area (Å²) in [5.41, 5.74) is 12.3. The molecule has 18 heavy (non-hydrogen) atoms. The zero-order chi connectivity index (χ0) is 13.0. The highest BCUT2D eigenvalue weighted by molar-refractivity contribution is 5.64. The second-order valence-electron chi connectivity index (χ2n) is 4.27. The first kappa shape index (κ1) is 12.6. The fraction of sp³-hybridized carbons (Fsp3) is 0.500. The van der Waals surface area contributed by atoms with Gasteiger partial charge in [0, 0.05) is 19.3 Å². The van der Waals surface area contributed by atoms with Crippen molar-refractivity contribution in [2.45, 2.75) is 18.9 Å². The van der Waals surface area contributed by atoms with Crippen molar-refractivity contribution in [1.29, 1.82) is 5.26 Å². The van der Waals surface area contributed by atoms with Crippen LogP contribution in [0.3, 0.4) is 0 Å². The summed E-state index contributed by atoms with van der Waals surface area (Å²) < 4.78 is 5.39. The highest BCUT2D eigenvalue weighted by Gasteiger charge is 2.21. The molecule has 0 amide bonds. The van der Waals surface area contributed by atoms with E-state index in [1.54, 1.807) is 12.3 Å². The Labute approximate surface area is 106 Å². The Bertz CT molecular complexity index is 448. The third-order valence-electron chi connectivity index (χ3n) is 3.10. The summed E-state index contributed by atoms with van der Waals surface area (Å²) in [7, 11) is 0. The fourth-order valence-corrected chi connectivity index (χ4v) is 2.17. The van der Waals surface area contributed by atoms with E-state index in [9.17, 15) is 0 Å². The molecule has 0 unspecified atom stereocenters. The van der Waals surface area contributed by atoms with Crippen LogP contribution in [0.25, 0.3) is 0 Å². The fourth-order valence-electron chi connectivity index (χ4n) is 2.17. The molecular weight excluding hydrogens is 230 g/mol. The van der Waals surface area contributed by atoms with E-state index in [0.717, 1.165) is 31.7 Å². The molecule has 1 saturated heterocycles. The number of nitriles is 1. The minimum Gasteiger partial charge on any atom is -0.396 e. The molecule has 1 aromatic heterocycles. The second-order valence-corrected chi connectivity index (χ2v) is 4.27. The van der Waals surface area contributed by atoms with Crippen molar-refractivity contribution in [1.82, 2.24) is 4.98 Å². The first-order valence-corrected chi connectivity index (χ1v) is 5.97. The average molecular weight is 247 g/mol. The Morgan fingerprint density at radius 3 is 2.78 bits per heavy atom. The number of pyridine rings is 1. The Kier molecular flexibility index (Phi) is 3.97. The van der Waals surface area contributed by atoms with Gasteiger partial charge in [0.2, 0.25) is 0 Å². The lowest BCUT2D eigenvalue weighted by Gasteiger charge is -2.33. The maximum Gasteiger partial charge on any atom is 0.151 e. The molecule has 96 valence electrons. The Morgan fingerprint density at radius 2 is 2.22 bits per heavy atom. The summed E-state index contributed by atoms with van der Waals surface area (Å²) in [4.78, 5) is 6.37. The molecule has 1 aromatic rings. The van der Waals surface area contributed by atoms with Gasteiger partial charge in [-0.25, -0.2) is 4.98 Å². The predicted octanol–water partition coefficient (Wildman–Crippen LogP) is 0.437. The number of hydrogen-bond donors (Lipinski definition) is 2. The third kappa shape index (κ3) is 2.70. The van der Waals surface area contributed by atoms with Crippen LogP contribution in [-0.4, -0.2) is 30.9 Å². The molecule has 0 atom stereocenters. The largest absolute Gasteiger partial charge is 0.396 e. The van der Waals surface area contributed by atoms with Crippen LogP contribution in [0, 0.1) is 11.3 Å². The van der Waals surface area contributed by atoms with E-state index in [4.69, 9.17) is 21.5 Å². The molecular formula is C12H17N5O. The summed E-state index contributed by atoms with van der Waals surface area (Å²) >= 11 is 0. The second kappa shape index (κ2) is 5.67. The van der Waals surface area contributed by atoms with Gasteiger partial charge in [-0.15, -0.1) is 0 Å². The van der Waals surface area contributed by atoms with Gasteiger partial charge >= 0.3 is 0 Å². The lowest BCUT2D eigenvalue weighted by molar-refractivity contribution is 0.0413. The van der Waals surface area contributed by atoms with Gasteiger partial charge in [-0.2, -0.15) is 5.26 Å². The number of ether oxygens (including phenoxy) is 1. The van der Waals surface area contributed by atoms with Crippen LogP contribution in [-0.2, 0) is 4.74 Å². The summed E-state index contributed by atoms with van der Waals surface area (Å²) in [5, 5.41) is 8.77. The zero-order valence-electron chi connectivity index (χ0n) is 10.2. The van der Waals surface area contributed by atoms with E-state index in [-0.39, 0.29) is 12.8 Å². The number of nitrogens with zero attached hydrogens (tertiary/aromatic N) is 3. The standard InChI is InChI=1S/C12H17N5O/c13-6-9-5-11(15)12(16-7-9)17-3-1-10(2-4-17)18-8-14/h5,7,10H,1-4,8,14-15H2. The number of piperidine rings is 1. The quantitative estimate of drug-likeness (QED) is 0.751. The number of aromatic nitrogens is 1. The van der Waals surface area contributed by atoms with Gasteiger partial charge in [0.1, 0.15) is 6.07 Å².